The van der Waals surface area contributed by atoms with Gasteiger partial charge in [-0.1, -0.05) is 60.7 Å². The third-order valence-corrected chi connectivity index (χ3v) is 5.21. The molecule has 0 bridgehead atoms. The van der Waals surface area contributed by atoms with Crippen LogP contribution in [0, 0.1) is 0 Å². The van der Waals surface area contributed by atoms with Crippen LogP contribution in [0.2, 0.25) is 0 Å². The Bertz CT molecular complexity index is 1260. The maximum atomic E-state index is 13.2. The van der Waals surface area contributed by atoms with E-state index in [4.69, 9.17) is 5.11 Å². The number of pyridine rings is 1. The summed E-state index contributed by atoms with van der Waals surface area (Å²) in [5.74, 6) is -2.31. The number of hydrogen-bond donors (Lipinski definition) is 3. The molecule has 0 spiro atoms. The molecular weight excluding hydrogens is 450 g/mol. The molecule has 9 nitrogen and oxygen atoms in total. The van der Waals surface area contributed by atoms with Gasteiger partial charge in [0.15, 0.2) is 0 Å². The lowest BCUT2D eigenvalue weighted by Crippen LogP contribution is -2.41. The first kappa shape index (κ1) is 25.1. The highest BCUT2D eigenvalue weighted by molar-refractivity contribution is 5.91. The summed E-state index contributed by atoms with van der Waals surface area (Å²) < 4.78 is 1.18. The fraction of sp³-hybridized carbons (Fsp3) is 0.192. The maximum Gasteiger partial charge on any atom is 0.305 e. The quantitative estimate of drug-likeness (QED) is 0.364. The number of carbonyl (C=O) groups excluding carboxylic acids is 3. The Morgan fingerprint density at radius 3 is 2.20 bits per heavy atom. The number of aryl methyl sites for hydroxylation is 1. The Labute approximate surface area is 201 Å². The summed E-state index contributed by atoms with van der Waals surface area (Å²) in [5, 5.41) is 13.8. The first-order valence-electron chi connectivity index (χ1n) is 11.0. The number of aromatic nitrogens is 1. The monoisotopic (exact) mass is 475 g/mol. The molecule has 1 atom stereocenters. The zero-order chi connectivity index (χ0) is 25.2. The lowest BCUT2D eigenvalue weighted by molar-refractivity contribution is -0.138. The highest BCUT2D eigenvalue weighted by atomic mass is 16.4. The van der Waals surface area contributed by atoms with Crippen molar-refractivity contribution in [2.75, 3.05) is 5.32 Å². The molecule has 35 heavy (non-hydrogen) atoms. The van der Waals surface area contributed by atoms with E-state index in [-0.39, 0.29) is 18.0 Å². The number of carboxylic acids is 1. The van der Waals surface area contributed by atoms with Gasteiger partial charge in [0.2, 0.25) is 11.8 Å². The number of anilines is 1. The normalized spacial score (nSPS) is 11.3. The molecule has 0 saturated carbocycles. The van der Waals surface area contributed by atoms with Crippen molar-refractivity contribution < 1.29 is 24.3 Å². The van der Waals surface area contributed by atoms with Crippen LogP contribution < -0.4 is 16.2 Å². The molecule has 3 rings (SSSR count). The molecule has 180 valence electrons. The standard InChI is InChI=1S/C26H25N3O6/c30-17-20(15-25(33)34)27-24(32)16-29-22(19-9-5-2-6-10-19)13-12-21(26(29)35)28-23(31)14-11-18-7-3-1-4-8-18/h1-10,12-13,17,20H,11,14-16H2,(H,27,32)(H,28,31)(H,33,34). The van der Waals surface area contributed by atoms with Gasteiger partial charge in [-0.15, -0.1) is 0 Å². The number of aldehydes is 1. The average molecular weight is 476 g/mol. The summed E-state index contributed by atoms with van der Waals surface area (Å²) in [6.45, 7) is -0.471. The van der Waals surface area contributed by atoms with Gasteiger partial charge in [0, 0.05) is 6.42 Å². The molecule has 0 aliphatic heterocycles. The minimum absolute atomic E-state index is 0.00742. The fourth-order valence-electron chi connectivity index (χ4n) is 3.52. The minimum Gasteiger partial charge on any atom is -0.481 e. The number of nitrogens with zero attached hydrogens (tertiary/aromatic N) is 1. The van der Waals surface area contributed by atoms with Crippen molar-refractivity contribution in [3.05, 3.63) is 88.7 Å². The molecular formula is C26H25N3O6. The van der Waals surface area contributed by atoms with E-state index < -0.39 is 36.4 Å². The lowest BCUT2D eigenvalue weighted by atomic mass is 10.1. The smallest absolute Gasteiger partial charge is 0.305 e. The molecule has 2 amide bonds. The Morgan fingerprint density at radius 1 is 0.914 bits per heavy atom. The second-order valence-electron chi connectivity index (χ2n) is 7.83. The molecule has 0 radical (unpaired) electrons. The van der Waals surface area contributed by atoms with Crippen LogP contribution in [0.1, 0.15) is 18.4 Å². The first-order chi connectivity index (χ1) is 16.9. The third-order valence-electron chi connectivity index (χ3n) is 5.21. The van der Waals surface area contributed by atoms with E-state index in [2.05, 4.69) is 10.6 Å². The highest BCUT2D eigenvalue weighted by Crippen LogP contribution is 2.19. The fourth-order valence-corrected chi connectivity index (χ4v) is 3.52. The molecule has 1 aromatic heterocycles. The molecule has 9 heteroatoms. The molecule has 3 N–H and O–H groups in total. The van der Waals surface area contributed by atoms with Crippen molar-refractivity contribution in [2.45, 2.75) is 31.8 Å². The molecule has 0 fully saturated rings. The predicted molar refractivity (Wildman–Crippen MR) is 130 cm³/mol. The number of hydrogen-bond acceptors (Lipinski definition) is 5. The van der Waals surface area contributed by atoms with Crippen LogP contribution in [0.5, 0.6) is 0 Å². The molecule has 2 aromatic carbocycles. The second-order valence-corrected chi connectivity index (χ2v) is 7.83. The van der Waals surface area contributed by atoms with Crippen molar-refractivity contribution in [2.24, 2.45) is 0 Å². The van der Waals surface area contributed by atoms with Gasteiger partial charge < -0.3 is 20.5 Å². The van der Waals surface area contributed by atoms with Gasteiger partial charge >= 0.3 is 5.97 Å². The minimum atomic E-state index is -1.25. The van der Waals surface area contributed by atoms with Crippen molar-refractivity contribution in [1.82, 2.24) is 9.88 Å². The van der Waals surface area contributed by atoms with Gasteiger partial charge in [0.05, 0.1) is 18.2 Å². The predicted octanol–water partition coefficient (Wildman–Crippen LogP) is 2.24. The number of nitrogens with one attached hydrogen (secondary N) is 2. The first-order valence-corrected chi connectivity index (χ1v) is 11.0. The van der Waals surface area contributed by atoms with Gasteiger partial charge in [-0.3, -0.25) is 23.7 Å². The lowest BCUT2D eigenvalue weighted by Gasteiger charge is -2.17. The number of carbonyl (C=O) groups is 4. The topological polar surface area (TPSA) is 135 Å². The van der Waals surface area contributed by atoms with Crippen LogP contribution in [0.25, 0.3) is 11.3 Å². The van der Waals surface area contributed by atoms with Gasteiger partial charge in [-0.25, -0.2) is 0 Å². The zero-order valence-electron chi connectivity index (χ0n) is 18.8. The summed E-state index contributed by atoms with van der Waals surface area (Å²) >= 11 is 0. The summed E-state index contributed by atoms with van der Waals surface area (Å²) in [6.07, 6.45) is 0.423. The Balaban J connectivity index is 1.83. The van der Waals surface area contributed by atoms with Crippen LogP contribution >= 0.6 is 0 Å². The number of carboxylic acid groups (broad SMARTS) is 1. The molecule has 3 aromatic rings. The van der Waals surface area contributed by atoms with Crippen molar-refractivity contribution >= 4 is 29.8 Å². The van der Waals surface area contributed by atoms with Crippen LogP contribution in [-0.4, -0.2) is 39.8 Å². The molecule has 1 unspecified atom stereocenters. The van der Waals surface area contributed by atoms with Crippen molar-refractivity contribution in [1.29, 1.82) is 0 Å². The summed E-state index contributed by atoms with van der Waals surface area (Å²) in [6, 6.07) is 20.2. The molecule has 0 saturated heterocycles. The Morgan fingerprint density at radius 2 is 1.57 bits per heavy atom. The third kappa shape index (κ3) is 7.23. The summed E-state index contributed by atoms with van der Waals surface area (Å²) in [4.78, 5) is 60.3. The molecule has 0 aliphatic rings. The summed E-state index contributed by atoms with van der Waals surface area (Å²) in [7, 11) is 0. The number of aliphatic carboxylic acids is 1. The molecule has 1 heterocycles. The van der Waals surface area contributed by atoms with E-state index in [0.717, 1.165) is 5.56 Å². The van der Waals surface area contributed by atoms with Crippen LogP contribution in [0.3, 0.4) is 0 Å². The van der Waals surface area contributed by atoms with Crippen molar-refractivity contribution in [3.8, 4) is 11.3 Å². The van der Waals surface area contributed by atoms with Gasteiger partial charge in [-0.2, -0.15) is 0 Å². The van der Waals surface area contributed by atoms with Crippen LogP contribution in [0.15, 0.2) is 77.6 Å². The van der Waals surface area contributed by atoms with E-state index in [9.17, 15) is 24.0 Å². The van der Waals surface area contributed by atoms with E-state index in [1.54, 1.807) is 36.4 Å². The average Bonchev–Trinajstić information content (AvgIpc) is 2.85. The van der Waals surface area contributed by atoms with Gasteiger partial charge in [-0.05, 0) is 29.7 Å². The second kappa shape index (κ2) is 12.1. The number of benzene rings is 2. The van der Waals surface area contributed by atoms with E-state index in [1.807, 2.05) is 30.3 Å². The SMILES string of the molecule is O=CC(CC(=O)O)NC(=O)Cn1c(-c2ccccc2)ccc(NC(=O)CCc2ccccc2)c1=O. The number of rotatable bonds is 11. The van der Waals surface area contributed by atoms with Gasteiger partial charge in [0.25, 0.3) is 5.56 Å². The highest BCUT2D eigenvalue weighted by Gasteiger charge is 2.19. The molecule has 0 aliphatic carbocycles. The van der Waals surface area contributed by atoms with Gasteiger partial charge in [0.1, 0.15) is 18.5 Å². The largest absolute Gasteiger partial charge is 0.481 e. The summed E-state index contributed by atoms with van der Waals surface area (Å²) in [5.41, 5.74) is 1.48. The van der Waals surface area contributed by atoms with Crippen LogP contribution in [0.4, 0.5) is 5.69 Å². The van der Waals surface area contributed by atoms with Crippen LogP contribution in [-0.2, 0) is 32.1 Å². The Hall–Kier alpha value is -4.53. The zero-order valence-corrected chi connectivity index (χ0v) is 18.8. The number of amides is 2. The Kier molecular flexibility index (Phi) is 8.66. The van der Waals surface area contributed by atoms with E-state index in [1.165, 1.54) is 10.6 Å². The van der Waals surface area contributed by atoms with E-state index in [0.29, 0.717) is 24.0 Å². The van der Waals surface area contributed by atoms with Crippen molar-refractivity contribution in [3.63, 3.8) is 0 Å². The maximum absolute atomic E-state index is 13.2. The van der Waals surface area contributed by atoms with E-state index >= 15 is 0 Å².